The lowest BCUT2D eigenvalue weighted by molar-refractivity contribution is -0.139. The van der Waals surface area contributed by atoms with Crippen LogP contribution in [0.5, 0.6) is 0 Å². The third kappa shape index (κ3) is 6.79. The van der Waals surface area contributed by atoms with Crippen LogP contribution in [0.15, 0.2) is 54.6 Å². The zero-order chi connectivity index (χ0) is 24.0. The molecule has 0 unspecified atom stereocenters. The fourth-order valence-corrected chi connectivity index (χ4v) is 3.95. The Kier molecular flexibility index (Phi) is 8.10. The smallest absolute Gasteiger partial charge is 0.335 e. The average molecular weight is 463 g/mol. The van der Waals surface area contributed by atoms with E-state index in [-0.39, 0.29) is 18.1 Å². The van der Waals surface area contributed by atoms with Gasteiger partial charge in [-0.1, -0.05) is 42.5 Å². The van der Waals surface area contributed by atoms with Crippen LogP contribution < -0.4 is 5.32 Å². The van der Waals surface area contributed by atoms with Crippen molar-refractivity contribution in [2.75, 3.05) is 45.1 Å². The van der Waals surface area contributed by atoms with Gasteiger partial charge in [-0.25, -0.2) is 0 Å². The fraction of sp³-hybridized carbons (Fsp3) is 0.417. The number of para-hydroxylation sites is 1. The number of carbonyl (C=O) groups is 2. The summed E-state index contributed by atoms with van der Waals surface area (Å²) in [4.78, 5) is 30.8. The maximum Gasteiger partial charge on any atom is 0.418 e. The van der Waals surface area contributed by atoms with Crippen molar-refractivity contribution in [3.05, 3.63) is 65.7 Å². The van der Waals surface area contributed by atoms with E-state index in [4.69, 9.17) is 0 Å². The van der Waals surface area contributed by atoms with Gasteiger partial charge in [-0.05, 0) is 24.6 Å². The number of nitrogens with zero attached hydrogens (tertiary/aromatic N) is 3. The van der Waals surface area contributed by atoms with Gasteiger partial charge in [0.15, 0.2) is 0 Å². The van der Waals surface area contributed by atoms with Crippen molar-refractivity contribution in [3.63, 3.8) is 0 Å². The van der Waals surface area contributed by atoms with Crippen LogP contribution in [-0.4, -0.2) is 72.3 Å². The van der Waals surface area contributed by atoms with Crippen LogP contribution in [0, 0.1) is 0 Å². The quantitative estimate of drug-likeness (QED) is 0.686. The molecular weight excluding hydrogens is 433 g/mol. The minimum absolute atomic E-state index is 0.245. The SMILES string of the molecule is C[C@@H](C(=O)N(C)CC(=O)Nc1ccccc1C(F)(F)F)N1CCN(Cc2ccccc2)CC1. The van der Waals surface area contributed by atoms with E-state index < -0.39 is 23.7 Å². The molecule has 6 nitrogen and oxygen atoms in total. The number of piperazine rings is 1. The number of alkyl halides is 3. The molecule has 0 aromatic heterocycles. The molecule has 2 aromatic carbocycles. The number of carbonyl (C=O) groups excluding carboxylic acids is 2. The number of nitrogens with one attached hydrogen (secondary N) is 1. The van der Waals surface area contributed by atoms with Gasteiger partial charge in [0.05, 0.1) is 23.8 Å². The molecule has 1 saturated heterocycles. The molecule has 0 saturated carbocycles. The van der Waals surface area contributed by atoms with Crippen molar-refractivity contribution in [2.45, 2.75) is 25.7 Å². The molecule has 178 valence electrons. The van der Waals surface area contributed by atoms with Crippen LogP contribution in [-0.2, 0) is 22.3 Å². The minimum atomic E-state index is -4.58. The third-order valence-corrected chi connectivity index (χ3v) is 5.82. The Morgan fingerprint density at radius 2 is 1.61 bits per heavy atom. The molecule has 1 aliphatic rings. The molecule has 0 aliphatic carbocycles. The third-order valence-electron chi connectivity index (χ3n) is 5.82. The summed E-state index contributed by atoms with van der Waals surface area (Å²) in [6.45, 7) is 5.41. The van der Waals surface area contributed by atoms with Crippen LogP contribution >= 0.6 is 0 Å². The van der Waals surface area contributed by atoms with Gasteiger partial charge in [-0.2, -0.15) is 13.2 Å². The first-order chi connectivity index (χ1) is 15.6. The molecule has 33 heavy (non-hydrogen) atoms. The second kappa shape index (κ2) is 10.8. The zero-order valence-electron chi connectivity index (χ0n) is 18.8. The Balaban J connectivity index is 1.49. The number of hydrogen-bond donors (Lipinski definition) is 1. The summed E-state index contributed by atoms with van der Waals surface area (Å²) in [5, 5.41) is 2.28. The molecule has 3 rings (SSSR count). The molecule has 2 aromatic rings. The maximum absolute atomic E-state index is 13.1. The van der Waals surface area contributed by atoms with Crippen molar-refractivity contribution < 1.29 is 22.8 Å². The predicted octanol–water partition coefficient (Wildman–Crippen LogP) is 3.31. The summed E-state index contributed by atoms with van der Waals surface area (Å²) in [5.41, 5.74) is 0.000392. The standard InChI is InChI=1S/C24H29F3N4O2/c1-18(31-14-12-30(13-15-31)16-19-8-4-3-5-9-19)23(33)29(2)17-22(32)28-21-11-7-6-10-20(21)24(25,26)27/h3-11,18H,12-17H2,1-2H3,(H,28,32)/t18-/m0/s1. The van der Waals surface area contributed by atoms with Gasteiger partial charge in [0.25, 0.3) is 0 Å². The van der Waals surface area contributed by atoms with Gasteiger partial charge in [-0.3, -0.25) is 19.4 Å². The van der Waals surface area contributed by atoms with Gasteiger partial charge >= 0.3 is 6.18 Å². The highest BCUT2D eigenvalue weighted by Gasteiger charge is 2.34. The summed E-state index contributed by atoms with van der Waals surface area (Å²) in [6, 6.07) is 14.5. The molecule has 0 bridgehead atoms. The summed E-state index contributed by atoms with van der Waals surface area (Å²) in [5.74, 6) is -0.923. The van der Waals surface area contributed by atoms with E-state index in [2.05, 4.69) is 27.2 Å². The van der Waals surface area contributed by atoms with E-state index in [0.717, 1.165) is 38.8 Å². The molecule has 0 radical (unpaired) electrons. The lowest BCUT2D eigenvalue weighted by Gasteiger charge is -2.38. The van der Waals surface area contributed by atoms with Crippen molar-refractivity contribution in [1.29, 1.82) is 0 Å². The number of hydrogen-bond acceptors (Lipinski definition) is 4. The Labute approximate surface area is 192 Å². The Hall–Kier alpha value is -2.91. The maximum atomic E-state index is 13.1. The van der Waals surface area contributed by atoms with E-state index in [1.54, 1.807) is 6.92 Å². The molecule has 2 amide bonds. The zero-order valence-corrected chi connectivity index (χ0v) is 18.8. The molecule has 1 atom stereocenters. The van der Waals surface area contributed by atoms with Crippen molar-refractivity contribution in [1.82, 2.24) is 14.7 Å². The van der Waals surface area contributed by atoms with E-state index in [1.165, 1.54) is 35.7 Å². The van der Waals surface area contributed by atoms with Crippen molar-refractivity contribution in [2.24, 2.45) is 0 Å². The van der Waals surface area contributed by atoms with Crippen molar-refractivity contribution >= 4 is 17.5 Å². The molecular formula is C24H29F3N4O2. The van der Waals surface area contributed by atoms with Crippen molar-refractivity contribution in [3.8, 4) is 0 Å². The highest BCUT2D eigenvalue weighted by Crippen LogP contribution is 2.34. The molecule has 9 heteroatoms. The van der Waals surface area contributed by atoms with Gasteiger partial charge in [0.2, 0.25) is 11.8 Å². The van der Waals surface area contributed by atoms with E-state index >= 15 is 0 Å². The number of anilines is 1. The van der Waals surface area contributed by atoms with Gasteiger partial charge in [-0.15, -0.1) is 0 Å². The lowest BCUT2D eigenvalue weighted by Crippen LogP contribution is -2.54. The first kappa shape index (κ1) is 24.7. The number of rotatable bonds is 7. The molecule has 1 fully saturated rings. The van der Waals surface area contributed by atoms with Crippen LogP contribution in [0.1, 0.15) is 18.1 Å². The Morgan fingerprint density at radius 3 is 2.24 bits per heavy atom. The van der Waals surface area contributed by atoms with E-state index in [9.17, 15) is 22.8 Å². The Morgan fingerprint density at radius 1 is 1.00 bits per heavy atom. The van der Waals surface area contributed by atoms with Gasteiger partial charge in [0, 0.05) is 39.8 Å². The van der Waals surface area contributed by atoms with Crippen LogP contribution in [0.3, 0.4) is 0 Å². The van der Waals surface area contributed by atoms with Crippen LogP contribution in [0.25, 0.3) is 0 Å². The second-order valence-electron chi connectivity index (χ2n) is 8.26. The summed E-state index contributed by atoms with van der Waals surface area (Å²) >= 11 is 0. The number of benzene rings is 2. The highest BCUT2D eigenvalue weighted by molar-refractivity contribution is 5.95. The predicted molar refractivity (Wildman–Crippen MR) is 120 cm³/mol. The first-order valence-electron chi connectivity index (χ1n) is 10.9. The lowest BCUT2D eigenvalue weighted by atomic mass is 10.1. The normalized spacial score (nSPS) is 16.3. The summed E-state index contributed by atoms with van der Waals surface area (Å²) < 4.78 is 39.4. The van der Waals surface area contributed by atoms with Crippen LogP contribution in [0.4, 0.5) is 18.9 Å². The average Bonchev–Trinajstić information content (AvgIpc) is 2.79. The fourth-order valence-electron chi connectivity index (χ4n) is 3.95. The number of halogens is 3. The van der Waals surface area contributed by atoms with E-state index in [1.807, 2.05) is 18.2 Å². The first-order valence-corrected chi connectivity index (χ1v) is 10.9. The summed E-state index contributed by atoms with van der Waals surface area (Å²) in [6.07, 6.45) is -4.58. The summed E-state index contributed by atoms with van der Waals surface area (Å²) in [7, 11) is 1.49. The second-order valence-corrected chi connectivity index (χ2v) is 8.26. The topological polar surface area (TPSA) is 55.9 Å². The van der Waals surface area contributed by atoms with Gasteiger partial charge in [0.1, 0.15) is 0 Å². The molecule has 1 N–H and O–H groups in total. The highest BCUT2D eigenvalue weighted by atomic mass is 19.4. The molecule has 1 heterocycles. The molecule has 0 spiro atoms. The number of amides is 2. The minimum Gasteiger partial charge on any atom is -0.335 e. The molecule has 1 aliphatic heterocycles. The van der Waals surface area contributed by atoms with Gasteiger partial charge < -0.3 is 10.2 Å². The van der Waals surface area contributed by atoms with E-state index in [0.29, 0.717) is 0 Å². The number of likely N-dealkylation sites (N-methyl/N-ethyl adjacent to an activating group) is 1. The Bertz CT molecular complexity index is 944. The van der Waals surface area contributed by atoms with Crippen LogP contribution in [0.2, 0.25) is 0 Å². The largest absolute Gasteiger partial charge is 0.418 e. The monoisotopic (exact) mass is 462 g/mol.